The summed E-state index contributed by atoms with van der Waals surface area (Å²) in [7, 11) is 0. The van der Waals surface area contributed by atoms with Crippen molar-refractivity contribution in [2.75, 3.05) is 0 Å². The van der Waals surface area contributed by atoms with E-state index >= 15 is 0 Å². The quantitative estimate of drug-likeness (QED) is 0.117. The molecule has 0 radical (unpaired) electrons. The Morgan fingerprint density at radius 3 is 1.05 bits per heavy atom. The molecular weight excluding hydrogens is 1510 g/mol. The Labute approximate surface area is 714 Å². The van der Waals surface area contributed by atoms with Gasteiger partial charge in [-0.05, 0) is 230 Å². The van der Waals surface area contributed by atoms with Crippen LogP contribution in [0.4, 0.5) is 0 Å². The molecule has 0 atom stereocenters. The van der Waals surface area contributed by atoms with Gasteiger partial charge in [0.05, 0.1) is 96.1 Å². The average molecular weight is 1590 g/mol. The highest BCUT2D eigenvalue weighted by Gasteiger charge is 2.21. The first-order valence-electron chi connectivity index (χ1n) is 41.5. The number of aryl methyl sites for hydroxylation is 1. The van der Waals surface area contributed by atoms with Gasteiger partial charge in [-0.15, -0.1) is 0 Å². The summed E-state index contributed by atoms with van der Waals surface area (Å²) >= 11 is 0. The molecule has 12 aromatic carbocycles. The molecule has 24 rings (SSSR count). The fraction of sp³-hybridized carbons (Fsp3) is 0.00893. The fourth-order valence-electron chi connectivity index (χ4n) is 17.7. The predicted molar refractivity (Wildman–Crippen MR) is 509 cm³/mol. The average Bonchev–Trinajstić information content (AvgIpc) is 1.12. The zero-order valence-corrected chi connectivity index (χ0v) is 67.4. The second-order valence-corrected chi connectivity index (χ2v) is 30.9. The second-order valence-electron chi connectivity index (χ2n) is 30.9. The van der Waals surface area contributed by atoms with Gasteiger partial charge >= 0.3 is 0 Å². The Balaban J connectivity index is 0.000000111. The van der Waals surface area contributed by atoms with E-state index in [1.54, 1.807) is 0 Å². The molecule has 0 aliphatic rings. The van der Waals surface area contributed by atoms with Crippen molar-refractivity contribution in [2.45, 2.75) is 6.92 Å². The summed E-state index contributed by atoms with van der Waals surface area (Å²) in [6, 6.07) is 134. The summed E-state index contributed by atoms with van der Waals surface area (Å²) in [4.78, 5) is 42.6. The molecule has 124 heavy (non-hydrogen) atoms. The van der Waals surface area contributed by atoms with Crippen molar-refractivity contribution >= 4 is 97.9 Å². The molecular formula is C112H74N12. The molecule has 0 N–H and O–H groups in total. The molecule has 0 amide bonds. The Morgan fingerprint density at radius 2 is 0.548 bits per heavy atom. The Kier molecular flexibility index (Phi) is 18.9. The van der Waals surface area contributed by atoms with Crippen molar-refractivity contribution < 1.29 is 0 Å². The lowest BCUT2D eigenvalue weighted by atomic mass is 9.94. The van der Waals surface area contributed by atoms with Crippen molar-refractivity contribution in [3.63, 3.8) is 0 Å². The summed E-state index contributed by atoms with van der Waals surface area (Å²) in [5, 5.41) is 13.3. The molecule has 12 heteroatoms. The first-order valence-corrected chi connectivity index (χ1v) is 41.5. The van der Waals surface area contributed by atoms with Gasteiger partial charge in [0, 0.05) is 104 Å². The van der Waals surface area contributed by atoms with E-state index in [2.05, 4.69) is 372 Å². The number of fused-ring (bicyclic) bond motifs is 12. The van der Waals surface area contributed by atoms with Crippen LogP contribution in [0, 0.1) is 6.92 Å². The second kappa shape index (κ2) is 31.8. The number of nitrogens with zero attached hydrogens (tertiary/aromatic N) is 12. The largest absolute Gasteiger partial charge is 0.309 e. The first-order chi connectivity index (χ1) is 61.4. The molecule has 0 saturated heterocycles. The van der Waals surface area contributed by atoms with Crippen molar-refractivity contribution in [3.8, 4) is 118 Å². The van der Waals surface area contributed by atoms with Crippen LogP contribution in [-0.4, -0.2) is 58.6 Å². The van der Waals surface area contributed by atoms with Crippen molar-refractivity contribution in [3.05, 3.63) is 437 Å². The van der Waals surface area contributed by atoms with Crippen LogP contribution < -0.4 is 0 Å². The Hall–Kier alpha value is -16.8. The van der Waals surface area contributed by atoms with Crippen molar-refractivity contribution in [1.29, 1.82) is 0 Å². The van der Waals surface area contributed by atoms with E-state index in [-0.39, 0.29) is 0 Å². The molecule has 12 nitrogen and oxygen atoms in total. The number of pyridine rings is 9. The van der Waals surface area contributed by atoms with E-state index < -0.39 is 0 Å². The SMILES string of the molecule is Cc1ccc(-c2cc(-c3ccc(-n4c5ccccc5c5ncccc54)cc3)nc(-c3ccccn3)c2)c2ccccc12.c1ccc(-c2cc(-c3cccc4ccccc34)cc(-c3ccc(-n4c5ccccc5c5ccncc54)cc3)n2)nc1.c1ccc(-c2cc(-c3cccc4ccccc34)cc(-c3ccc(-n4c5ccccc5c5cnccc54)cc3)n2)nc1. The number of para-hydroxylation sites is 3. The van der Waals surface area contributed by atoms with Gasteiger partial charge in [-0.3, -0.25) is 29.9 Å². The van der Waals surface area contributed by atoms with E-state index in [4.69, 9.17) is 15.0 Å². The summed E-state index contributed by atoms with van der Waals surface area (Å²) in [5.41, 5.74) is 30.2. The van der Waals surface area contributed by atoms with Gasteiger partial charge in [0.2, 0.25) is 0 Å². The van der Waals surface area contributed by atoms with E-state index in [0.29, 0.717) is 0 Å². The zero-order chi connectivity index (χ0) is 82.4. The van der Waals surface area contributed by atoms with Gasteiger partial charge in [-0.2, -0.15) is 0 Å². The molecule has 0 bridgehead atoms. The third kappa shape index (κ3) is 13.6. The molecule has 0 saturated carbocycles. The molecule has 0 fully saturated rings. The van der Waals surface area contributed by atoms with Gasteiger partial charge in [-0.1, -0.05) is 231 Å². The minimum Gasteiger partial charge on any atom is -0.309 e. The number of hydrogen-bond donors (Lipinski definition) is 0. The van der Waals surface area contributed by atoms with Crippen LogP contribution in [0.2, 0.25) is 0 Å². The maximum Gasteiger partial charge on any atom is 0.0963 e. The molecule has 582 valence electrons. The van der Waals surface area contributed by atoms with Crippen LogP contribution in [0.5, 0.6) is 0 Å². The minimum absolute atomic E-state index is 0.851. The lowest BCUT2D eigenvalue weighted by Gasteiger charge is -2.13. The van der Waals surface area contributed by atoms with Crippen LogP contribution >= 0.6 is 0 Å². The third-order valence-corrected chi connectivity index (χ3v) is 23.6. The van der Waals surface area contributed by atoms with Gasteiger partial charge in [0.15, 0.2) is 0 Å². The van der Waals surface area contributed by atoms with Crippen molar-refractivity contribution in [1.82, 2.24) is 58.6 Å². The van der Waals surface area contributed by atoms with Gasteiger partial charge in [0.25, 0.3) is 0 Å². The lowest BCUT2D eigenvalue weighted by molar-refractivity contribution is 1.16. The molecule has 12 heterocycles. The normalized spacial score (nSPS) is 11.4. The van der Waals surface area contributed by atoms with Crippen LogP contribution in [-0.2, 0) is 0 Å². The summed E-state index contributed by atoms with van der Waals surface area (Å²) in [5.74, 6) is 0. The number of hydrogen-bond acceptors (Lipinski definition) is 9. The lowest BCUT2D eigenvalue weighted by Crippen LogP contribution is -1.95. The topological polar surface area (TPSA) is 131 Å². The third-order valence-electron chi connectivity index (χ3n) is 23.6. The molecule has 12 aromatic heterocycles. The monoisotopic (exact) mass is 1590 g/mol. The summed E-state index contributed by atoms with van der Waals surface area (Å²) in [6.07, 6.45) is 14.9. The van der Waals surface area contributed by atoms with Gasteiger partial charge in [-0.25, -0.2) is 15.0 Å². The molecule has 0 spiro atoms. The Morgan fingerprint density at radius 1 is 0.194 bits per heavy atom. The zero-order valence-electron chi connectivity index (χ0n) is 67.4. The molecule has 24 aromatic rings. The van der Waals surface area contributed by atoms with Gasteiger partial charge < -0.3 is 13.7 Å². The van der Waals surface area contributed by atoms with Crippen LogP contribution in [0.1, 0.15) is 5.56 Å². The van der Waals surface area contributed by atoms with Gasteiger partial charge in [0.1, 0.15) is 0 Å². The maximum atomic E-state index is 5.11. The predicted octanol–water partition coefficient (Wildman–Crippen LogP) is 27.7. The summed E-state index contributed by atoms with van der Waals surface area (Å²) < 4.78 is 6.86. The van der Waals surface area contributed by atoms with Crippen LogP contribution in [0.15, 0.2) is 432 Å². The molecule has 0 aliphatic heterocycles. The highest BCUT2D eigenvalue weighted by molar-refractivity contribution is 6.11. The fourth-order valence-corrected chi connectivity index (χ4v) is 17.7. The molecule has 0 unspecified atom stereocenters. The van der Waals surface area contributed by atoms with E-state index in [1.807, 2.05) is 110 Å². The highest BCUT2D eigenvalue weighted by atomic mass is 15.0. The highest BCUT2D eigenvalue weighted by Crippen LogP contribution is 2.42. The minimum atomic E-state index is 0.851. The van der Waals surface area contributed by atoms with Crippen LogP contribution in [0.3, 0.4) is 0 Å². The van der Waals surface area contributed by atoms with E-state index in [1.165, 1.54) is 70.7 Å². The molecule has 0 aliphatic carbocycles. The maximum absolute atomic E-state index is 5.11. The number of benzene rings is 12. The van der Waals surface area contributed by atoms with E-state index in [9.17, 15) is 0 Å². The van der Waals surface area contributed by atoms with Crippen molar-refractivity contribution in [2.24, 2.45) is 0 Å². The Bertz CT molecular complexity index is 7680. The standard InChI is InChI=1S/C38H26N4.2C37H24N4/c1-25-15-20-30(31-10-3-2-9-29(25)31)27-23-34(41-35(24-27)33-12-6-7-21-39-33)26-16-18-28(19-17-26)42-36-13-5-4-11-32(36)38-37(42)14-8-22-40-38;1-2-10-29-25(8-1)9-7-12-30(29)27-22-34(40-35(23-27)33-13-5-6-20-39-33)26-15-17-28(18-16-26)41-36-14-4-3-11-31(36)32-24-38-21-19-37(32)41;1-2-10-29-25(8-1)9-7-12-30(29)27-22-34(40-35(23-27)33-13-5-6-20-39-33)26-15-17-28(18-16-26)41-36-14-4-3-11-31(36)32-19-21-38-24-37(32)41/h2-24H,1H3;2*1-24H. The number of rotatable bonds is 12. The van der Waals surface area contributed by atoms with E-state index in [0.717, 1.165) is 151 Å². The smallest absolute Gasteiger partial charge is 0.0963 e. The van der Waals surface area contributed by atoms with Crippen LogP contribution in [0.25, 0.3) is 216 Å². The first kappa shape index (κ1) is 73.5. The number of aromatic nitrogens is 12. The summed E-state index contributed by atoms with van der Waals surface area (Å²) in [6.45, 7) is 2.16.